The second-order valence-corrected chi connectivity index (χ2v) is 5.35. The summed E-state index contributed by atoms with van der Waals surface area (Å²) in [5.41, 5.74) is 2.44. The molecule has 3 nitrogen and oxygen atoms in total. The Morgan fingerprint density at radius 2 is 2.11 bits per heavy atom. The van der Waals surface area contributed by atoms with Crippen LogP contribution in [0.5, 0.6) is 0 Å². The van der Waals surface area contributed by atoms with Gasteiger partial charge < -0.3 is 5.32 Å². The van der Waals surface area contributed by atoms with Crippen molar-refractivity contribution in [3.8, 4) is 0 Å². The first-order valence-electron chi connectivity index (χ1n) is 7.12. The van der Waals surface area contributed by atoms with Crippen molar-refractivity contribution >= 4 is 0 Å². The Morgan fingerprint density at radius 1 is 1.33 bits per heavy atom. The van der Waals surface area contributed by atoms with Gasteiger partial charge in [-0.25, -0.2) is 0 Å². The first-order valence-corrected chi connectivity index (χ1v) is 7.12. The third kappa shape index (κ3) is 4.07. The molecule has 1 N–H and O–H groups in total. The van der Waals surface area contributed by atoms with Crippen LogP contribution in [0.2, 0.25) is 0 Å². The van der Waals surface area contributed by atoms with Gasteiger partial charge in [0.1, 0.15) is 0 Å². The Balaban J connectivity index is 1.74. The molecule has 0 aliphatic carbocycles. The van der Waals surface area contributed by atoms with Crippen molar-refractivity contribution < 1.29 is 0 Å². The van der Waals surface area contributed by atoms with Crippen LogP contribution in [0.3, 0.4) is 0 Å². The van der Waals surface area contributed by atoms with Crippen molar-refractivity contribution in [3.63, 3.8) is 0 Å². The van der Waals surface area contributed by atoms with E-state index in [-0.39, 0.29) is 0 Å². The van der Waals surface area contributed by atoms with Crippen molar-refractivity contribution in [2.75, 3.05) is 26.2 Å². The predicted octanol–water partition coefficient (Wildman–Crippen LogP) is 2.21. The molecule has 0 bridgehead atoms. The molecule has 1 fully saturated rings. The van der Waals surface area contributed by atoms with Gasteiger partial charge in [-0.3, -0.25) is 9.88 Å². The number of aromatic nitrogens is 1. The van der Waals surface area contributed by atoms with Gasteiger partial charge in [-0.1, -0.05) is 13.0 Å². The summed E-state index contributed by atoms with van der Waals surface area (Å²) in [4.78, 5) is 7.01. The molecule has 1 aromatic heterocycles. The van der Waals surface area contributed by atoms with E-state index in [0.29, 0.717) is 0 Å². The van der Waals surface area contributed by atoms with E-state index in [1.165, 1.54) is 43.7 Å². The van der Waals surface area contributed by atoms with E-state index < -0.39 is 0 Å². The molecule has 0 amide bonds. The van der Waals surface area contributed by atoms with Gasteiger partial charge in [0.25, 0.3) is 0 Å². The molecule has 100 valence electrons. The number of likely N-dealkylation sites (tertiary alicyclic amines) is 1. The smallest absolute Gasteiger partial charge is 0.0544 e. The zero-order valence-corrected chi connectivity index (χ0v) is 11.7. The van der Waals surface area contributed by atoms with Gasteiger partial charge in [-0.15, -0.1) is 0 Å². The molecule has 18 heavy (non-hydrogen) atoms. The van der Waals surface area contributed by atoms with Crippen molar-refractivity contribution in [2.24, 2.45) is 5.92 Å². The van der Waals surface area contributed by atoms with E-state index in [9.17, 15) is 0 Å². The van der Waals surface area contributed by atoms with E-state index in [2.05, 4.69) is 41.2 Å². The number of nitrogens with zero attached hydrogens (tertiary/aromatic N) is 2. The third-order valence-electron chi connectivity index (χ3n) is 3.75. The average Bonchev–Trinajstić information content (AvgIpc) is 2.41. The Morgan fingerprint density at radius 3 is 2.72 bits per heavy atom. The lowest BCUT2D eigenvalue weighted by Crippen LogP contribution is -2.37. The van der Waals surface area contributed by atoms with Gasteiger partial charge in [-0.2, -0.15) is 0 Å². The van der Waals surface area contributed by atoms with Gasteiger partial charge in [-0.05, 0) is 63.5 Å². The topological polar surface area (TPSA) is 28.2 Å². The van der Waals surface area contributed by atoms with Crippen LogP contribution in [0, 0.1) is 12.8 Å². The molecule has 1 aliphatic rings. The summed E-state index contributed by atoms with van der Waals surface area (Å²) in [7, 11) is 0. The highest BCUT2D eigenvalue weighted by Gasteiger charge is 2.18. The van der Waals surface area contributed by atoms with Crippen LogP contribution in [0.1, 0.15) is 31.0 Å². The molecule has 1 aliphatic heterocycles. The van der Waals surface area contributed by atoms with Gasteiger partial charge >= 0.3 is 0 Å². The summed E-state index contributed by atoms with van der Waals surface area (Å²) >= 11 is 0. The van der Waals surface area contributed by atoms with Gasteiger partial charge in [0, 0.05) is 12.7 Å². The fourth-order valence-corrected chi connectivity index (χ4v) is 2.52. The summed E-state index contributed by atoms with van der Waals surface area (Å²) in [6, 6.07) is 4.31. The highest BCUT2D eigenvalue weighted by molar-refractivity contribution is 5.12. The Bertz CT molecular complexity index is 339. The molecule has 1 aromatic rings. The van der Waals surface area contributed by atoms with E-state index in [1.54, 1.807) is 0 Å². The molecular weight excluding hydrogens is 222 g/mol. The van der Waals surface area contributed by atoms with Crippen molar-refractivity contribution in [3.05, 3.63) is 29.6 Å². The first kappa shape index (κ1) is 13.5. The minimum Gasteiger partial charge on any atom is -0.317 e. The molecule has 0 radical (unpaired) electrons. The number of aryl methyl sites for hydroxylation is 1. The minimum atomic E-state index is 0.868. The quantitative estimate of drug-likeness (QED) is 0.864. The maximum Gasteiger partial charge on any atom is 0.0544 e. The Hall–Kier alpha value is -0.930. The fraction of sp³-hybridized carbons (Fsp3) is 0.667. The van der Waals surface area contributed by atoms with Crippen LogP contribution in [0.15, 0.2) is 18.3 Å². The van der Waals surface area contributed by atoms with E-state index >= 15 is 0 Å². The zero-order valence-electron chi connectivity index (χ0n) is 11.7. The molecule has 0 unspecified atom stereocenters. The van der Waals surface area contributed by atoms with Crippen LogP contribution in [-0.2, 0) is 6.54 Å². The standard InChI is InChI=1S/C15H25N3/c1-3-16-11-14-6-8-18(9-7-14)12-15-5-4-13(2)10-17-15/h4-5,10,14,16H,3,6-9,11-12H2,1-2H3. The molecule has 3 heteroatoms. The molecule has 0 atom stereocenters. The fourth-order valence-electron chi connectivity index (χ4n) is 2.52. The number of nitrogens with one attached hydrogen (secondary N) is 1. The summed E-state index contributed by atoms with van der Waals surface area (Å²) in [5.74, 6) is 0.868. The lowest BCUT2D eigenvalue weighted by atomic mass is 9.96. The first-order chi connectivity index (χ1) is 8.78. The largest absolute Gasteiger partial charge is 0.317 e. The second-order valence-electron chi connectivity index (χ2n) is 5.35. The molecule has 0 spiro atoms. The number of rotatable bonds is 5. The molecule has 0 aromatic carbocycles. The summed E-state index contributed by atoms with van der Waals surface area (Å²) < 4.78 is 0. The molecule has 2 heterocycles. The number of hydrogen-bond acceptors (Lipinski definition) is 3. The lowest BCUT2D eigenvalue weighted by molar-refractivity contribution is 0.174. The predicted molar refractivity (Wildman–Crippen MR) is 75.5 cm³/mol. The number of hydrogen-bond donors (Lipinski definition) is 1. The number of piperidine rings is 1. The SMILES string of the molecule is CCNCC1CCN(Cc2ccc(C)cn2)CC1. The van der Waals surface area contributed by atoms with Crippen LogP contribution >= 0.6 is 0 Å². The van der Waals surface area contributed by atoms with Crippen LogP contribution in [0.25, 0.3) is 0 Å². The molecule has 0 saturated carbocycles. The molecule has 1 saturated heterocycles. The summed E-state index contributed by atoms with van der Waals surface area (Å²) in [6.45, 7) is 9.98. The third-order valence-corrected chi connectivity index (χ3v) is 3.75. The van der Waals surface area contributed by atoms with Crippen molar-refractivity contribution in [2.45, 2.75) is 33.2 Å². The van der Waals surface area contributed by atoms with Crippen molar-refractivity contribution in [1.82, 2.24) is 15.2 Å². The molecule has 2 rings (SSSR count). The molecular formula is C15H25N3. The Kier molecular flexibility index (Phi) is 5.14. The van der Waals surface area contributed by atoms with Crippen LogP contribution < -0.4 is 5.32 Å². The second kappa shape index (κ2) is 6.86. The highest BCUT2D eigenvalue weighted by Crippen LogP contribution is 2.17. The zero-order chi connectivity index (χ0) is 12.8. The Labute approximate surface area is 111 Å². The van der Waals surface area contributed by atoms with Crippen LogP contribution in [-0.4, -0.2) is 36.1 Å². The highest BCUT2D eigenvalue weighted by atomic mass is 15.1. The van der Waals surface area contributed by atoms with Gasteiger partial charge in [0.15, 0.2) is 0 Å². The van der Waals surface area contributed by atoms with E-state index in [0.717, 1.165) is 19.0 Å². The van der Waals surface area contributed by atoms with E-state index in [1.807, 2.05) is 6.20 Å². The van der Waals surface area contributed by atoms with Crippen molar-refractivity contribution in [1.29, 1.82) is 0 Å². The van der Waals surface area contributed by atoms with Gasteiger partial charge in [0.05, 0.1) is 5.69 Å². The number of pyridine rings is 1. The summed E-state index contributed by atoms with van der Waals surface area (Å²) in [6.07, 6.45) is 4.60. The monoisotopic (exact) mass is 247 g/mol. The normalized spacial score (nSPS) is 18.1. The average molecular weight is 247 g/mol. The van der Waals surface area contributed by atoms with E-state index in [4.69, 9.17) is 0 Å². The lowest BCUT2D eigenvalue weighted by Gasteiger charge is -2.31. The van der Waals surface area contributed by atoms with Gasteiger partial charge in [0.2, 0.25) is 0 Å². The maximum absolute atomic E-state index is 4.49. The summed E-state index contributed by atoms with van der Waals surface area (Å²) in [5, 5.41) is 3.46. The van der Waals surface area contributed by atoms with Crippen LogP contribution in [0.4, 0.5) is 0 Å². The minimum absolute atomic E-state index is 0.868. The maximum atomic E-state index is 4.49.